The fourth-order valence-corrected chi connectivity index (χ4v) is 2.92. The van der Waals surface area contributed by atoms with Crippen molar-refractivity contribution in [2.75, 3.05) is 20.2 Å². The smallest absolute Gasteiger partial charge is 0.373 e. The Bertz CT molecular complexity index is 742. The van der Waals surface area contributed by atoms with Crippen molar-refractivity contribution in [1.82, 2.24) is 20.4 Å². The van der Waals surface area contributed by atoms with Crippen LogP contribution in [0.15, 0.2) is 28.9 Å². The van der Waals surface area contributed by atoms with Gasteiger partial charge < -0.3 is 19.8 Å². The Balaban J connectivity index is 0.00000225. The number of halogens is 1. The van der Waals surface area contributed by atoms with Gasteiger partial charge in [0.1, 0.15) is 5.76 Å². The van der Waals surface area contributed by atoms with E-state index in [4.69, 9.17) is 4.42 Å². The largest absolute Gasteiger partial charge is 0.463 e. The summed E-state index contributed by atoms with van der Waals surface area (Å²) in [7, 11) is 3.15. The predicted octanol–water partition coefficient (Wildman–Crippen LogP) is 0.841. The third-order valence-electron chi connectivity index (χ3n) is 4.19. The minimum absolute atomic E-state index is 0. The van der Waals surface area contributed by atoms with E-state index in [-0.39, 0.29) is 42.5 Å². The van der Waals surface area contributed by atoms with Crippen molar-refractivity contribution in [2.24, 2.45) is 13.0 Å². The first-order chi connectivity index (χ1) is 11.6. The quantitative estimate of drug-likeness (QED) is 0.759. The number of aromatic nitrogens is 2. The molecule has 1 fully saturated rings. The molecule has 8 nitrogen and oxygen atoms in total. The number of esters is 1. The summed E-state index contributed by atoms with van der Waals surface area (Å²) in [5, 5.41) is 10.3. The highest BCUT2D eigenvalue weighted by Gasteiger charge is 2.34. The number of aryl methyl sites for hydroxylation is 1. The fourth-order valence-electron chi connectivity index (χ4n) is 2.92. The molecule has 3 rings (SSSR count). The maximum Gasteiger partial charge on any atom is 0.373 e. The number of rotatable bonds is 5. The monoisotopic (exact) mass is 368 g/mol. The van der Waals surface area contributed by atoms with Gasteiger partial charge in [-0.05, 0) is 17.7 Å². The van der Waals surface area contributed by atoms with E-state index in [9.17, 15) is 9.59 Å². The van der Waals surface area contributed by atoms with Crippen molar-refractivity contribution in [1.29, 1.82) is 0 Å². The molecule has 0 radical (unpaired) electrons. The van der Waals surface area contributed by atoms with Gasteiger partial charge in [-0.2, -0.15) is 5.10 Å². The van der Waals surface area contributed by atoms with Crippen LogP contribution in [0.5, 0.6) is 0 Å². The Hall–Kier alpha value is -2.32. The lowest BCUT2D eigenvalue weighted by molar-refractivity contribution is -0.125. The third-order valence-corrected chi connectivity index (χ3v) is 4.19. The summed E-state index contributed by atoms with van der Waals surface area (Å²) in [6.45, 7) is 1.60. The van der Waals surface area contributed by atoms with Crippen LogP contribution in [0, 0.1) is 5.92 Å². The van der Waals surface area contributed by atoms with E-state index in [1.54, 1.807) is 16.9 Å². The SMILES string of the molecule is COC(=O)c1ccc(CNC(=O)[C@H]2CNC[C@@H]2c2cnn(C)c2)o1.Cl. The third kappa shape index (κ3) is 4.21. The van der Waals surface area contributed by atoms with Crippen molar-refractivity contribution < 1.29 is 18.7 Å². The Labute approximate surface area is 151 Å². The van der Waals surface area contributed by atoms with Crippen molar-refractivity contribution in [3.8, 4) is 0 Å². The van der Waals surface area contributed by atoms with Crippen LogP contribution in [0.2, 0.25) is 0 Å². The molecule has 136 valence electrons. The molecule has 0 aromatic carbocycles. The number of nitrogens with zero attached hydrogens (tertiary/aromatic N) is 2. The molecule has 9 heteroatoms. The van der Waals surface area contributed by atoms with E-state index in [0.717, 1.165) is 12.1 Å². The van der Waals surface area contributed by atoms with Gasteiger partial charge in [0.05, 0.1) is 25.8 Å². The van der Waals surface area contributed by atoms with Gasteiger partial charge in [0.2, 0.25) is 11.7 Å². The average molecular weight is 369 g/mol. The lowest BCUT2D eigenvalue weighted by atomic mass is 9.90. The number of ether oxygens (including phenoxy) is 1. The zero-order valence-electron chi connectivity index (χ0n) is 14.0. The van der Waals surface area contributed by atoms with Gasteiger partial charge in [-0.3, -0.25) is 9.48 Å². The van der Waals surface area contributed by atoms with Crippen molar-refractivity contribution >= 4 is 24.3 Å². The lowest BCUT2D eigenvalue weighted by Crippen LogP contribution is -2.33. The van der Waals surface area contributed by atoms with Gasteiger partial charge >= 0.3 is 5.97 Å². The van der Waals surface area contributed by atoms with Crippen LogP contribution >= 0.6 is 12.4 Å². The van der Waals surface area contributed by atoms with Crippen molar-refractivity contribution in [3.63, 3.8) is 0 Å². The van der Waals surface area contributed by atoms with E-state index in [2.05, 4.69) is 20.5 Å². The maximum atomic E-state index is 12.5. The molecule has 2 atom stereocenters. The highest BCUT2D eigenvalue weighted by atomic mass is 35.5. The Morgan fingerprint density at radius 3 is 2.92 bits per heavy atom. The van der Waals surface area contributed by atoms with E-state index < -0.39 is 5.97 Å². The topological polar surface area (TPSA) is 98.4 Å². The van der Waals surface area contributed by atoms with Gasteiger partial charge in [0.25, 0.3) is 0 Å². The van der Waals surface area contributed by atoms with Crippen molar-refractivity contribution in [3.05, 3.63) is 41.6 Å². The molecule has 2 N–H and O–H groups in total. The molecule has 2 aromatic heterocycles. The highest BCUT2D eigenvalue weighted by molar-refractivity contribution is 5.86. The first-order valence-corrected chi connectivity index (χ1v) is 7.72. The van der Waals surface area contributed by atoms with Crippen LogP contribution in [-0.4, -0.2) is 41.9 Å². The molecular formula is C16H21ClN4O4. The van der Waals surface area contributed by atoms with Crippen molar-refractivity contribution in [2.45, 2.75) is 12.5 Å². The predicted molar refractivity (Wildman–Crippen MR) is 91.5 cm³/mol. The summed E-state index contributed by atoms with van der Waals surface area (Å²) >= 11 is 0. The molecular weight excluding hydrogens is 348 g/mol. The molecule has 25 heavy (non-hydrogen) atoms. The highest BCUT2D eigenvalue weighted by Crippen LogP contribution is 2.28. The number of hydrogen-bond acceptors (Lipinski definition) is 6. The molecule has 1 amide bonds. The van der Waals surface area contributed by atoms with Crippen LogP contribution < -0.4 is 10.6 Å². The molecule has 1 aliphatic heterocycles. The average Bonchev–Trinajstić information content (AvgIpc) is 3.31. The number of amides is 1. The van der Waals surface area contributed by atoms with E-state index in [0.29, 0.717) is 12.3 Å². The molecule has 1 saturated heterocycles. The van der Waals surface area contributed by atoms with Gasteiger partial charge in [-0.15, -0.1) is 12.4 Å². The molecule has 0 unspecified atom stereocenters. The summed E-state index contributed by atoms with van der Waals surface area (Å²) in [5.41, 5.74) is 1.05. The number of methoxy groups -OCH3 is 1. The second kappa shape index (κ2) is 8.17. The minimum atomic E-state index is -0.538. The van der Waals surface area contributed by atoms with Crippen LogP contribution in [0.25, 0.3) is 0 Å². The first kappa shape index (κ1) is 19.0. The molecule has 0 bridgehead atoms. The summed E-state index contributed by atoms with van der Waals surface area (Å²) in [4.78, 5) is 23.9. The second-order valence-corrected chi connectivity index (χ2v) is 5.79. The van der Waals surface area contributed by atoms with Gasteiger partial charge in [0, 0.05) is 32.3 Å². The maximum absolute atomic E-state index is 12.5. The molecule has 0 aliphatic carbocycles. The standard InChI is InChI=1S/C16H20N4O4.ClH/c1-20-9-10(5-19-20)12-7-17-8-13(12)15(21)18-6-11-3-4-14(24-11)16(22)23-2;/h3-5,9,12-13,17H,6-8H2,1-2H3,(H,18,21);1H/t12-,13+;/m1./s1. The van der Waals surface area contributed by atoms with E-state index >= 15 is 0 Å². The normalized spacial score (nSPS) is 19.3. The van der Waals surface area contributed by atoms with Gasteiger partial charge in [0.15, 0.2) is 0 Å². The fraction of sp³-hybridized carbons (Fsp3) is 0.438. The van der Waals surface area contributed by atoms with Gasteiger partial charge in [-0.25, -0.2) is 4.79 Å². The Kier molecular flexibility index (Phi) is 6.22. The molecule has 2 aromatic rings. The number of carbonyl (C=O) groups excluding carboxylic acids is 2. The van der Waals surface area contributed by atoms with Crippen LogP contribution in [0.4, 0.5) is 0 Å². The Morgan fingerprint density at radius 2 is 2.24 bits per heavy atom. The van der Waals surface area contributed by atoms with E-state index in [1.807, 2.05) is 13.2 Å². The van der Waals surface area contributed by atoms with Gasteiger partial charge in [-0.1, -0.05) is 0 Å². The summed E-state index contributed by atoms with van der Waals surface area (Å²) in [5.74, 6) is -0.0237. The second-order valence-electron chi connectivity index (χ2n) is 5.79. The van der Waals surface area contributed by atoms with Crippen LogP contribution in [-0.2, 0) is 23.1 Å². The number of carbonyl (C=O) groups is 2. The van der Waals surface area contributed by atoms with E-state index in [1.165, 1.54) is 13.2 Å². The number of furan rings is 1. The first-order valence-electron chi connectivity index (χ1n) is 7.72. The number of hydrogen-bond donors (Lipinski definition) is 2. The molecule has 1 aliphatic rings. The lowest BCUT2D eigenvalue weighted by Gasteiger charge is -2.16. The summed E-state index contributed by atoms with van der Waals surface area (Å²) in [6.07, 6.45) is 3.74. The zero-order valence-corrected chi connectivity index (χ0v) is 14.8. The minimum Gasteiger partial charge on any atom is -0.463 e. The molecule has 3 heterocycles. The zero-order chi connectivity index (χ0) is 17.1. The molecule has 0 saturated carbocycles. The Morgan fingerprint density at radius 1 is 1.44 bits per heavy atom. The summed E-state index contributed by atoms with van der Waals surface area (Å²) in [6, 6.07) is 3.18. The van der Waals surface area contributed by atoms with Crippen LogP contribution in [0.1, 0.15) is 27.8 Å². The summed E-state index contributed by atoms with van der Waals surface area (Å²) < 4.78 is 11.7. The van der Waals surface area contributed by atoms with Crippen LogP contribution in [0.3, 0.4) is 0 Å². The number of nitrogens with one attached hydrogen (secondary N) is 2. The molecule has 0 spiro atoms.